The molecular weight excluding hydrogens is 142 g/mol. The van der Waals surface area contributed by atoms with Gasteiger partial charge in [0.2, 0.25) is 0 Å². The van der Waals surface area contributed by atoms with Gasteiger partial charge in [0.25, 0.3) is 0 Å². The molecule has 0 aliphatic heterocycles. The van der Waals surface area contributed by atoms with Crippen molar-refractivity contribution in [2.45, 2.75) is 26.7 Å². The molecule has 3 heteroatoms. The molecule has 0 aliphatic rings. The third-order valence-electron chi connectivity index (χ3n) is 1.44. The van der Waals surface area contributed by atoms with E-state index in [1.807, 2.05) is 25.8 Å². The first kappa shape index (κ1) is 10.4. The van der Waals surface area contributed by atoms with Crippen molar-refractivity contribution >= 4 is 5.97 Å². The minimum atomic E-state index is -0.104. The topological polar surface area (TPSA) is 29.5 Å². The van der Waals surface area contributed by atoms with Crippen LogP contribution in [0.4, 0.5) is 0 Å². The summed E-state index contributed by atoms with van der Waals surface area (Å²) in [5, 5.41) is 0. The van der Waals surface area contributed by atoms with Crippen LogP contribution in [0, 0.1) is 0 Å². The van der Waals surface area contributed by atoms with Gasteiger partial charge in [0.15, 0.2) is 0 Å². The maximum atomic E-state index is 10.8. The van der Waals surface area contributed by atoms with Gasteiger partial charge in [-0.25, -0.2) is 0 Å². The number of hydrogen-bond donors (Lipinski definition) is 0. The van der Waals surface area contributed by atoms with Crippen LogP contribution in [0.5, 0.6) is 0 Å². The van der Waals surface area contributed by atoms with Gasteiger partial charge in [-0.1, -0.05) is 13.8 Å². The van der Waals surface area contributed by atoms with Crippen LogP contribution in [0.3, 0.4) is 0 Å². The summed E-state index contributed by atoms with van der Waals surface area (Å²) in [4.78, 5) is 12.8. The van der Waals surface area contributed by atoms with Crippen molar-refractivity contribution in [2.75, 3.05) is 20.3 Å². The largest absolute Gasteiger partial charge is 0.449 e. The monoisotopic (exact) mass is 159 g/mol. The van der Waals surface area contributed by atoms with Crippen LogP contribution in [0.2, 0.25) is 0 Å². The van der Waals surface area contributed by atoms with Crippen LogP contribution in [0.15, 0.2) is 0 Å². The molecule has 0 atom stereocenters. The number of rotatable bonds is 5. The number of esters is 1. The standard InChI is InChI=1S/C8H17NO2/c1-4-6-8(10)11-7-9(3)5-2/h4-7H2,1-3H3. The van der Waals surface area contributed by atoms with Gasteiger partial charge in [-0.05, 0) is 20.0 Å². The Kier molecular flexibility index (Phi) is 5.84. The summed E-state index contributed by atoms with van der Waals surface area (Å²) in [7, 11) is 1.92. The van der Waals surface area contributed by atoms with E-state index in [1.54, 1.807) is 0 Å². The van der Waals surface area contributed by atoms with Gasteiger partial charge in [-0.15, -0.1) is 0 Å². The lowest BCUT2D eigenvalue weighted by atomic mass is 10.3. The molecule has 0 aromatic carbocycles. The highest BCUT2D eigenvalue weighted by Gasteiger charge is 2.01. The SMILES string of the molecule is CCCC(=O)OCN(C)CC. The molecular formula is C8H17NO2. The van der Waals surface area contributed by atoms with E-state index in [0.29, 0.717) is 13.2 Å². The van der Waals surface area contributed by atoms with Gasteiger partial charge in [-0.3, -0.25) is 9.69 Å². The smallest absolute Gasteiger partial charge is 0.307 e. The van der Waals surface area contributed by atoms with Crippen molar-refractivity contribution in [2.24, 2.45) is 0 Å². The Balaban J connectivity index is 3.30. The predicted octanol–water partition coefficient (Wildman–Crippen LogP) is 1.24. The zero-order valence-electron chi connectivity index (χ0n) is 7.59. The minimum Gasteiger partial charge on any atom is -0.449 e. The average Bonchev–Trinajstić information content (AvgIpc) is 2.01. The Morgan fingerprint density at radius 3 is 2.55 bits per heavy atom. The molecule has 66 valence electrons. The van der Waals surface area contributed by atoms with Gasteiger partial charge in [0, 0.05) is 6.42 Å². The first-order chi connectivity index (χ1) is 5.20. The van der Waals surface area contributed by atoms with Crippen molar-refractivity contribution in [3.8, 4) is 0 Å². The highest BCUT2D eigenvalue weighted by atomic mass is 16.5. The molecule has 0 aliphatic carbocycles. The second-order valence-electron chi connectivity index (χ2n) is 2.57. The fourth-order valence-electron chi connectivity index (χ4n) is 0.550. The zero-order chi connectivity index (χ0) is 8.69. The summed E-state index contributed by atoms with van der Waals surface area (Å²) in [6.45, 7) is 5.30. The number of hydrogen-bond acceptors (Lipinski definition) is 3. The van der Waals surface area contributed by atoms with E-state index >= 15 is 0 Å². The number of ether oxygens (including phenoxy) is 1. The first-order valence-electron chi connectivity index (χ1n) is 4.04. The number of nitrogens with zero attached hydrogens (tertiary/aromatic N) is 1. The van der Waals surface area contributed by atoms with Crippen LogP contribution < -0.4 is 0 Å². The van der Waals surface area contributed by atoms with E-state index in [4.69, 9.17) is 4.74 Å². The lowest BCUT2D eigenvalue weighted by Crippen LogP contribution is -2.23. The van der Waals surface area contributed by atoms with Crippen molar-refractivity contribution in [3.05, 3.63) is 0 Å². The third kappa shape index (κ3) is 5.85. The van der Waals surface area contributed by atoms with Gasteiger partial charge >= 0.3 is 5.97 Å². The Labute approximate surface area is 68.3 Å². The Hall–Kier alpha value is -0.570. The van der Waals surface area contributed by atoms with Crippen LogP contribution in [0.25, 0.3) is 0 Å². The molecule has 0 saturated carbocycles. The molecule has 0 amide bonds. The molecule has 0 heterocycles. The summed E-state index contributed by atoms with van der Waals surface area (Å²) in [6.07, 6.45) is 1.38. The van der Waals surface area contributed by atoms with Crippen molar-refractivity contribution in [1.82, 2.24) is 4.90 Å². The average molecular weight is 159 g/mol. The van der Waals surface area contributed by atoms with E-state index in [-0.39, 0.29) is 5.97 Å². The summed E-state index contributed by atoms with van der Waals surface area (Å²) >= 11 is 0. The van der Waals surface area contributed by atoms with E-state index in [1.165, 1.54) is 0 Å². The summed E-state index contributed by atoms with van der Waals surface area (Å²) in [5.74, 6) is -0.104. The maximum absolute atomic E-state index is 10.8. The summed E-state index contributed by atoms with van der Waals surface area (Å²) in [5.41, 5.74) is 0. The summed E-state index contributed by atoms with van der Waals surface area (Å²) in [6, 6.07) is 0. The van der Waals surface area contributed by atoms with Crippen LogP contribution >= 0.6 is 0 Å². The predicted molar refractivity (Wildman–Crippen MR) is 44.2 cm³/mol. The lowest BCUT2D eigenvalue weighted by Gasteiger charge is -2.13. The molecule has 0 radical (unpaired) electrons. The van der Waals surface area contributed by atoms with E-state index < -0.39 is 0 Å². The van der Waals surface area contributed by atoms with E-state index in [0.717, 1.165) is 13.0 Å². The third-order valence-corrected chi connectivity index (χ3v) is 1.44. The zero-order valence-corrected chi connectivity index (χ0v) is 7.59. The van der Waals surface area contributed by atoms with Crippen molar-refractivity contribution in [3.63, 3.8) is 0 Å². The molecule has 0 unspecified atom stereocenters. The lowest BCUT2D eigenvalue weighted by molar-refractivity contribution is -0.147. The number of carbonyl (C=O) groups excluding carboxylic acids is 1. The summed E-state index contributed by atoms with van der Waals surface area (Å²) < 4.78 is 4.92. The Morgan fingerprint density at radius 2 is 2.09 bits per heavy atom. The molecule has 0 aromatic heterocycles. The highest BCUT2D eigenvalue weighted by Crippen LogP contribution is 1.92. The van der Waals surface area contributed by atoms with Gasteiger partial charge in [0.1, 0.15) is 6.73 Å². The van der Waals surface area contributed by atoms with Crippen LogP contribution in [-0.2, 0) is 9.53 Å². The first-order valence-corrected chi connectivity index (χ1v) is 4.04. The minimum absolute atomic E-state index is 0.104. The van der Waals surface area contributed by atoms with Crippen LogP contribution in [0.1, 0.15) is 26.7 Å². The molecule has 0 N–H and O–H groups in total. The molecule has 3 nitrogen and oxygen atoms in total. The van der Waals surface area contributed by atoms with E-state index in [9.17, 15) is 4.79 Å². The molecule has 0 spiro atoms. The highest BCUT2D eigenvalue weighted by molar-refractivity contribution is 5.69. The van der Waals surface area contributed by atoms with Crippen molar-refractivity contribution in [1.29, 1.82) is 0 Å². The van der Waals surface area contributed by atoms with E-state index in [2.05, 4.69) is 0 Å². The van der Waals surface area contributed by atoms with Crippen LogP contribution in [-0.4, -0.2) is 31.2 Å². The van der Waals surface area contributed by atoms with Crippen molar-refractivity contribution < 1.29 is 9.53 Å². The molecule has 11 heavy (non-hydrogen) atoms. The normalized spacial score (nSPS) is 10.2. The van der Waals surface area contributed by atoms with Gasteiger partial charge < -0.3 is 4.74 Å². The molecule has 0 rings (SSSR count). The fourth-order valence-corrected chi connectivity index (χ4v) is 0.550. The molecule has 0 fully saturated rings. The Morgan fingerprint density at radius 1 is 1.45 bits per heavy atom. The molecule has 0 aromatic rings. The number of carbonyl (C=O) groups is 1. The quantitative estimate of drug-likeness (QED) is 0.446. The molecule has 0 saturated heterocycles. The second-order valence-corrected chi connectivity index (χ2v) is 2.57. The van der Waals surface area contributed by atoms with Gasteiger partial charge in [-0.2, -0.15) is 0 Å². The van der Waals surface area contributed by atoms with Gasteiger partial charge in [0.05, 0.1) is 0 Å². The maximum Gasteiger partial charge on any atom is 0.307 e. The Bertz CT molecular complexity index is 115. The second kappa shape index (κ2) is 6.16. The molecule has 0 bridgehead atoms. The fraction of sp³-hybridized carbons (Fsp3) is 0.875.